The maximum Gasteiger partial charge on any atom is 0.357 e. The maximum absolute atomic E-state index is 11.4. The first-order chi connectivity index (χ1) is 8.59. The van der Waals surface area contributed by atoms with Gasteiger partial charge in [0.1, 0.15) is 5.01 Å². The first-order valence-electron chi connectivity index (χ1n) is 6.42. The molecule has 0 unspecified atom stereocenters. The standard InChI is InChI=1S/C13H20N2O2S/c1-3-9-4-6-13(14,7-5-9)12-15-10(8-18-12)11(16)17-2/h8-9H,3-7,14H2,1-2H3. The lowest BCUT2D eigenvalue weighted by molar-refractivity contribution is 0.0594. The van der Waals surface area contributed by atoms with E-state index in [4.69, 9.17) is 5.73 Å². The quantitative estimate of drug-likeness (QED) is 0.856. The van der Waals surface area contributed by atoms with Crippen LogP contribution in [0.25, 0.3) is 0 Å². The number of hydrogen-bond acceptors (Lipinski definition) is 5. The second-order valence-electron chi connectivity index (χ2n) is 5.04. The van der Waals surface area contributed by atoms with Crippen molar-refractivity contribution in [1.29, 1.82) is 0 Å². The van der Waals surface area contributed by atoms with E-state index in [9.17, 15) is 4.79 Å². The summed E-state index contributed by atoms with van der Waals surface area (Å²) in [5, 5.41) is 2.61. The zero-order valence-electron chi connectivity index (χ0n) is 10.9. The summed E-state index contributed by atoms with van der Waals surface area (Å²) >= 11 is 1.47. The number of aromatic nitrogens is 1. The van der Waals surface area contributed by atoms with E-state index in [0.29, 0.717) is 5.69 Å². The van der Waals surface area contributed by atoms with Crippen LogP contribution >= 0.6 is 11.3 Å². The number of carbonyl (C=O) groups is 1. The van der Waals surface area contributed by atoms with E-state index in [1.54, 1.807) is 5.38 Å². The zero-order chi connectivity index (χ0) is 13.2. The number of nitrogens with zero attached hydrogens (tertiary/aromatic N) is 1. The molecule has 1 fully saturated rings. The van der Waals surface area contributed by atoms with Crippen molar-refractivity contribution in [2.75, 3.05) is 7.11 Å². The number of rotatable bonds is 3. The Kier molecular flexibility index (Phi) is 4.02. The van der Waals surface area contributed by atoms with Crippen LogP contribution in [-0.4, -0.2) is 18.1 Å². The first-order valence-corrected chi connectivity index (χ1v) is 7.30. The molecule has 1 aliphatic carbocycles. The van der Waals surface area contributed by atoms with Crippen molar-refractivity contribution in [1.82, 2.24) is 4.98 Å². The number of nitrogens with two attached hydrogens (primary N) is 1. The molecule has 5 heteroatoms. The molecule has 1 heterocycles. The molecular formula is C13H20N2O2S. The monoisotopic (exact) mass is 268 g/mol. The predicted molar refractivity (Wildman–Crippen MR) is 71.6 cm³/mol. The number of methoxy groups -OCH3 is 1. The molecule has 1 aliphatic rings. The van der Waals surface area contributed by atoms with Crippen molar-refractivity contribution < 1.29 is 9.53 Å². The molecular weight excluding hydrogens is 248 g/mol. The Balaban J connectivity index is 2.11. The zero-order valence-corrected chi connectivity index (χ0v) is 11.8. The average molecular weight is 268 g/mol. The Morgan fingerprint density at radius 1 is 1.61 bits per heavy atom. The van der Waals surface area contributed by atoms with Crippen LogP contribution in [-0.2, 0) is 10.3 Å². The van der Waals surface area contributed by atoms with Gasteiger partial charge < -0.3 is 10.5 Å². The summed E-state index contributed by atoms with van der Waals surface area (Å²) < 4.78 is 4.67. The molecule has 0 aliphatic heterocycles. The normalized spacial score (nSPS) is 28.1. The van der Waals surface area contributed by atoms with E-state index >= 15 is 0 Å². The van der Waals surface area contributed by atoms with Crippen LogP contribution in [0.2, 0.25) is 0 Å². The van der Waals surface area contributed by atoms with Gasteiger partial charge in [0.2, 0.25) is 0 Å². The molecule has 18 heavy (non-hydrogen) atoms. The molecule has 0 atom stereocenters. The van der Waals surface area contributed by atoms with Gasteiger partial charge in [0.15, 0.2) is 5.69 Å². The minimum atomic E-state index is -0.386. The highest BCUT2D eigenvalue weighted by Gasteiger charge is 2.35. The number of thiazole rings is 1. The summed E-state index contributed by atoms with van der Waals surface area (Å²) in [6, 6.07) is 0. The summed E-state index contributed by atoms with van der Waals surface area (Å²) in [6.07, 6.45) is 5.45. The third-order valence-corrected chi connectivity index (χ3v) is 4.96. The first kappa shape index (κ1) is 13.5. The number of ether oxygens (including phenoxy) is 1. The molecule has 100 valence electrons. The fourth-order valence-electron chi connectivity index (χ4n) is 2.52. The van der Waals surface area contributed by atoms with Gasteiger partial charge >= 0.3 is 5.97 Å². The smallest absolute Gasteiger partial charge is 0.357 e. The van der Waals surface area contributed by atoms with Crippen molar-refractivity contribution in [3.63, 3.8) is 0 Å². The second-order valence-corrected chi connectivity index (χ2v) is 5.90. The van der Waals surface area contributed by atoms with Gasteiger partial charge in [-0.3, -0.25) is 0 Å². The van der Waals surface area contributed by atoms with E-state index in [2.05, 4.69) is 16.6 Å². The molecule has 0 radical (unpaired) electrons. The maximum atomic E-state index is 11.4. The summed E-state index contributed by atoms with van der Waals surface area (Å²) in [4.78, 5) is 15.7. The van der Waals surface area contributed by atoms with Crippen LogP contribution in [0, 0.1) is 5.92 Å². The Bertz CT molecular complexity index is 422. The van der Waals surface area contributed by atoms with Crippen LogP contribution < -0.4 is 5.73 Å². The van der Waals surface area contributed by atoms with Gasteiger partial charge in [-0.1, -0.05) is 13.3 Å². The fourth-order valence-corrected chi connectivity index (χ4v) is 3.48. The molecule has 0 amide bonds. The molecule has 0 spiro atoms. The van der Waals surface area contributed by atoms with Gasteiger partial charge in [-0.15, -0.1) is 11.3 Å². The summed E-state index contributed by atoms with van der Waals surface area (Å²) in [6.45, 7) is 2.23. The van der Waals surface area contributed by atoms with Gasteiger partial charge in [0.05, 0.1) is 12.6 Å². The van der Waals surface area contributed by atoms with E-state index < -0.39 is 0 Å². The molecule has 2 N–H and O–H groups in total. The minimum Gasteiger partial charge on any atom is -0.464 e. The van der Waals surface area contributed by atoms with Gasteiger partial charge in [-0.2, -0.15) is 0 Å². The predicted octanol–water partition coefficient (Wildman–Crippen LogP) is 2.68. The van der Waals surface area contributed by atoms with Gasteiger partial charge in [-0.25, -0.2) is 9.78 Å². The van der Waals surface area contributed by atoms with Crippen molar-refractivity contribution in [3.8, 4) is 0 Å². The van der Waals surface area contributed by atoms with Crippen LogP contribution in [0.1, 0.15) is 54.5 Å². The molecule has 1 aromatic rings. The molecule has 0 bridgehead atoms. The Morgan fingerprint density at radius 3 is 2.83 bits per heavy atom. The van der Waals surface area contributed by atoms with Gasteiger partial charge in [-0.05, 0) is 31.6 Å². The topological polar surface area (TPSA) is 65.2 Å². The molecule has 0 aromatic carbocycles. The lowest BCUT2D eigenvalue weighted by Crippen LogP contribution is -2.40. The van der Waals surface area contributed by atoms with Crippen molar-refractivity contribution >= 4 is 17.3 Å². The lowest BCUT2D eigenvalue weighted by Gasteiger charge is -2.35. The lowest BCUT2D eigenvalue weighted by atomic mass is 9.76. The Labute approximate surface area is 112 Å². The highest BCUT2D eigenvalue weighted by atomic mass is 32.1. The average Bonchev–Trinajstić information content (AvgIpc) is 2.89. The van der Waals surface area contributed by atoms with Crippen LogP contribution in [0.5, 0.6) is 0 Å². The van der Waals surface area contributed by atoms with Crippen molar-refractivity contribution in [2.24, 2.45) is 11.7 Å². The SMILES string of the molecule is CCC1CCC(N)(c2nc(C(=O)OC)cs2)CC1. The molecule has 0 saturated heterocycles. The fraction of sp³-hybridized carbons (Fsp3) is 0.692. The van der Waals surface area contributed by atoms with E-state index in [0.717, 1.165) is 36.6 Å². The highest BCUT2D eigenvalue weighted by molar-refractivity contribution is 7.10. The summed E-state index contributed by atoms with van der Waals surface area (Å²) in [7, 11) is 1.37. The minimum absolute atomic E-state index is 0.345. The third kappa shape index (κ3) is 2.57. The summed E-state index contributed by atoms with van der Waals surface area (Å²) in [5.41, 5.74) is 6.48. The summed E-state index contributed by atoms with van der Waals surface area (Å²) in [5.74, 6) is 0.407. The van der Waals surface area contributed by atoms with Crippen molar-refractivity contribution in [3.05, 3.63) is 16.1 Å². The molecule has 4 nitrogen and oxygen atoms in total. The second kappa shape index (κ2) is 5.36. The van der Waals surface area contributed by atoms with Crippen LogP contribution in [0.3, 0.4) is 0 Å². The molecule has 2 rings (SSSR count). The van der Waals surface area contributed by atoms with E-state index in [-0.39, 0.29) is 11.5 Å². The highest BCUT2D eigenvalue weighted by Crippen LogP contribution is 2.39. The number of carbonyl (C=O) groups excluding carboxylic acids is 1. The van der Waals surface area contributed by atoms with Crippen LogP contribution in [0.4, 0.5) is 0 Å². The Hall–Kier alpha value is -0.940. The van der Waals surface area contributed by atoms with Crippen LogP contribution in [0.15, 0.2) is 5.38 Å². The third-order valence-electron chi connectivity index (χ3n) is 3.90. The van der Waals surface area contributed by atoms with E-state index in [1.165, 1.54) is 24.9 Å². The molecule has 1 saturated carbocycles. The number of esters is 1. The largest absolute Gasteiger partial charge is 0.464 e. The van der Waals surface area contributed by atoms with Gasteiger partial charge in [0, 0.05) is 5.38 Å². The van der Waals surface area contributed by atoms with Crippen molar-refractivity contribution in [2.45, 2.75) is 44.6 Å². The molecule has 1 aromatic heterocycles. The van der Waals surface area contributed by atoms with E-state index in [1.807, 2.05) is 0 Å². The Morgan fingerprint density at radius 2 is 2.28 bits per heavy atom. The number of hydrogen-bond donors (Lipinski definition) is 1. The van der Waals surface area contributed by atoms with Gasteiger partial charge in [0.25, 0.3) is 0 Å².